The first-order valence-corrected chi connectivity index (χ1v) is 9.05. The van der Waals surface area contributed by atoms with Gasteiger partial charge in [-0.1, -0.05) is 36.0 Å². The Morgan fingerprint density at radius 1 is 1.26 bits per heavy atom. The van der Waals surface area contributed by atoms with Crippen molar-refractivity contribution in [3.05, 3.63) is 76.1 Å². The van der Waals surface area contributed by atoms with Gasteiger partial charge in [-0.3, -0.25) is 14.5 Å². The number of amides is 2. The predicted octanol–water partition coefficient (Wildman–Crippen LogP) is 3.05. The minimum Gasteiger partial charge on any atom is -0.365 e. The van der Waals surface area contributed by atoms with Crippen LogP contribution >= 0.6 is 11.8 Å². The Morgan fingerprint density at radius 2 is 1.93 bits per heavy atom. The lowest BCUT2D eigenvalue weighted by atomic mass is 10.0. The fourth-order valence-electron chi connectivity index (χ4n) is 2.86. The molecule has 136 valence electrons. The maximum absolute atomic E-state index is 13.3. The number of primary amides is 1. The number of halogens is 1. The van der Waals surface area contributed by atoms with Gasteiger partial charge < -0.3 is 5.73 Å². The maximum atomic E-state index is 13.3. The van der Waals surface area contributed by atoms with Gasteiger partial charge in [0.05, 0.1) is 5.25 Å². The molecule has 2 N–H and O–H groups in total. The summed E-state index contributed by atoms with van der Waals surface area (Å²) in [6.07, 6.45) is 0.439. The van der Waals surface area contributed by atoms with E-state index in [1.165, 1.54) is 29.2 Å². The molecule has 3 rings (SSSR count). The van der Waals surface area contributed by atoms with Gasteiger partial charge in [-0.2, -0.15) is 5.26 Å². The lowest BCUT2D eigenvalue weighted by molar-refractivity contribution is -0.117. The summed E-state index contributed by atoms with van der Waals surface area (Å²) in [4.78, 5) is 26.1. The molecule has 0 aromatic heterocycles. The summed E-state index contributed by atoms with van der Waals surface area (Å²) in [6.45, 7) is 1.96. The van der Waals surface area contributed by atoms with Crippen molar-refractivity contribution >= 4 is 29.3 Å². The second-order valence-electron chi connectivity index (χ2n) is 6.04. The highest BCUT2D eigenvalue weighted by atomic mass is 32.2. The number of hydrogen-bond acceptors (Lipinski definition) is 4. The molecular formula is C20H16FN3O2S. The van der Waals surface area contributed by atoms with Crippen LogP contribution in [0.15, 0.2) is 59.1 Å². The standard InChI is InChI=1S/C20H16FN3O2S/c1-12-4-2-3-5-13(12)10-17-19(26)24(15-8-6-14(21)7-9-15)20(27-17)16(11-22)18(23)25/h2-9,17H,10H2,1H3,(H2,23,25)/b20-16+/t17-/m1/s1. The van der Waals surface area contributed by atoms with Crippen LogP contribution in [0.4, 0.5) is 10.1 Å². The van der Waals surface area contributed by atoms with Gasteiger partial charge in [-0.15, -0.1) is 0 Å². The van der Waals surface area contributed by atoms with Crippen LogP contribution in [0.3, 0.4) is 0 Å². The second kappa shape index (κ2) is 7.64. The molecule has 2 aromatic rings. The van der Waals surface area contributed by atoms with Gasteiger partial charge in [0.1, 0.15) is 22.5 Å². The Hall–Kier alpha value is -3.11. The average molecular weight is 381 g/mol. The lowest BCUT2D eigenvalue weighted by Gasteiger charge is -2.18. The number of anilines is 1. The first kappa shape index (κ1) is 18.7. The number of nitriles is 1. The number of benzene rings is 2. The van der Waals surface area contributed by atoms with Crippen molar-refractivity contribution < 1.29 is 14.0 Å². The van der Waals surface area contributed by atoms with Gasteiger partial charge in [-0.25, -0.2) is 4.39 Å². The maximum Gasteiger partial charge on any atom is 0.262 e. The van der Waals surface area contributed by atoms with Crippen molar-refractivity contribution in [2.24, 2.45) is 5.73 Å². The zero-order valence-electron chi connectivity index (χ0n) is 14.5. The Kier molecular flexibility index (Phi) is 5.28. The minimum atomic E-state index is -0.906. The number of rotatable bonds is 4. The Labute approximate surface area is 160 Å². The summed E-state index contributed by atoms with van der Waals surface area (Å²) in [6, 6.07) is 14.8. The summed E-state index contributed by atoms with van der Waals surface area (Å²) in [5.74, 6) is -1.63. The van der Waals surface area contributed by atoms with Crippen molar-refractivity contribution in [1.82, 2.24) is 0 Å². The minimum absolute atomic E-state index is 0.181. The quantitative estimate of drug-likeness (QED) is 0.651. The molecule has 2 aromatic carbocycles. The molecule has 0 aliphatic carbocycles. The lowest BCUT2D eigenvalue weighted by Crippen LogP contribution is -2.31. The van der Waals surface area contributed by atoms with Gasteiger partial charge >= 0.3 is 0 Å². The van der Waals surface area contributed by atoms with Crippen LogP contribution in [0.1, 0.15) is 11.1 Å². The average Bonchev–Trinajstić information content (AvgIpc) is 2.94. The molecule has 0 radical (unpaired) electrons. The van der Waals surface area contributed by atoms with Crippen molar-refractivity contribution in [2.45, 2.75) is 18.6 Å². The number of thioether (sulfide) groups is 1. The van der Waals surface area contributed by atoms with E-state index in [2.05, 4.69) is 0 Å². The van der Waals surface area contributed by atoms with Gasteiger partial charge in [0, 0.05) is 5.69 Å². The third-order valence-corrected chi connectivity index (χ3v) is 5.54. The summed E-state index contributed by atoms with van der Waals surface area (Å²) in [5, 5.41) is 9.01. The topological polar surface area (TPSA) is 87.2 Å². The fourth-order valence-corrected chi connectivity index (χ4v) is 4.17. The molecule has 0 spiro atoms. The van der Waals surface area contributed by atoms with E-state index in [0.29, 0.717) is 12.1 Å². The van der Waals surface area contributed by atoms with Crippen molar-refractivity contribution in [3.8, 4) is 6.07 Å². The molecule has 2 amide bonds. The van der Waals surface area contributed by atoms with Crippen molar-refractivity contribution in [3.63, 3.8) is 0 Å². The molecule has 27 heavy (non-hydrogen) atoms. The molecule has 5 nitrogen and oxygen atoms in total. The van der Waals surface area contributed by atoms with Crippen LogP contribution in [0.2, 0.25) is 0 Å². The molecule has 1 fully saturated rings. The van der Waals surface area contributed by atoms with Crippen LogP contribution in [-0.2, 0) is 16.0 Å². The molecule has 1 heterocycles. The number of nitrogens with zero attached hydrogens (tertiary/aromatic N) is 2. The van der Waals surface area contributed by atoms with Gasteiger partial charge in [0.15, 0.2) is 0 Å². The molecular weight excluding hydrogens is 365 g/mol. The zero-order chi connectivity index (χ0) is 19.6. The van der Waals surface area contributed by atoms with E-state index in [0.717, 1.165) is 22.9 Å². The highest BCUT2D eigenvalue weighted by Gasteiger charge is 2.40. The second-order valence-corrected chi connectivity index (χ2v) is 7.23. The van der Waals surface area contributed by atoms with Gasteiger partial charge in [0.25, 0.3) is 5.91 Å². The Balaban J connectivity index is 2.05. The molecule has 7 heteroatoms. The van der Waals surface area contributed by atoms with Crippen molar-refractivity contribution in [1.29, 1.82) is 5.26 Å². The van der Waals surface area contributed by atoms with Crippen molar-refractivity contribution in [2.75, 3.05) is 4.90 Å². The number of hydrogen-bond donors (Lipinski definition) is 1. The molecule has 0 saturated carbocycles. The van der Waals surface area contributed by atoms with E-state index in [1.54, 1.807) is 6.07 Å². The fraction of sp³-hybridized carbons (Fsp3) is 0.150. The smallest absolute Gasteiger partial charge is 0.262 e. The van der Waals surface area contributed by atoms with E-state index in [4.69, 9.17) is 5.73 Å². The van der Waals surface area contributed by atoms with Crippen LogP contribution in [0.25, 0.3) is 0 Å². The number of aryl methyl sites for hydroxylation is 1. The van der Waals surface area contributed by atoms with Gasteiger partial charge in [-0.05, 0) is 48.7 Å². The summed E-state index contributed by atoms with van der Waals surface area (Å²) in [7, 11) is 0. The highest BCUT2D eigenvalue weighted by Crippen LogP contribution is 2.42. The van der Waals surface area contributed by atoms with E-state index < -0.39 is 17.0 Å². The molecule has 1 aliphatic heterocycles. The SMILES string of the molecule is Cc1ccccc1C[C@H]1S/C(=C(\C#N)C(N)=O)N(c2ccc(F)cc2)C1=O. The van der Waals surface area contributed by atoms with Gasteiger partial charge in [0.2, 0.25) is 5.91 Å². The first-order chi connectivity index (χ1) is 12.9. The summed E-state index contributed by atoms with van der Waals surface area (Å²) >= 11 is 1.13. The molecule has 1 aliphatic rings. The largest absolute Gasteiger partial charge is 0.365 e. The third kappa shape index (κ3) is 3.71. The van der Waals surface area contributed by atoms with E-state index in [1.807, 2.05) is 31.2 Å². The predicted molar refractivity (Wildman–Crippen MR) is 102 cm³/mol. The number of nitrogens with two attached hydrogens (primary N) is 1. The first-order valence-electron chi connectivity index (χ1n) is 8.17. The normalized spacial score (nSPS) is 18.3. The number of carbonyl (C=O) groups is 2. The number of carbonyl (C=O) groups excluding carboxylic acids is 2. The molecule has 1 atom stereocenters. The molecule has 0 unspecified atom stereocenters. The highest BCUT2D eigenvalue weighted by molar-refractivity contribution is 8.05. The van der Waals surface area contributed by atoms with E-state index in [9.17, 15) is 19.2 Å². The van der Waals surface area contributed by atoms with Crippen LogP contribution in [-0.4, -0.2) is 17.1 Å². The van der Waals surface area contributed by atoms with Crippen LogP contribution in [0.5, 0.6) is 0 Å². The summed E-state index contributed by atoms with van der Waals surface area (Å²) < 4.78 is 13.3. The Bertz CT molecular complexity index is 979. The Morgan fingerprint density at radius 3 is 2.52 bits per heavy atom. The van der Waals surface area contributed by atoms with Crippen LogP contribution < -0.4 is 10.6 Å². The monoisotopic (exact) mass is 381 g/mol. The zero-order valence-corrected chi connectivity index (χ0v) is 15.3. The van der Waals surface area contributed by atoms with E-state index in [-0.39, 0.29) is 16.5 Å². The molecule has 1 saturated heterocycles. The summed E-state index contributed by atoms with van der Waals surface area (Å²) in [5.41, 5.74) is 7.47. The molecule has 0 bridgehead atoms. The van der Waals surface area contributed by atoms with E-state index >= 15 is 0 Å². The third-order valence-electron chi connectivity index (χ3n) is 4.28. The van der Waals surface area contributed by atoms with Crippen LogP contribution in [0, 0.1) is 24.1 Å².